The number of aryl methyl sites for hydroxylation is 1. The van der Waals surface area contributed by atoms with Crippen molar-refractivity contribution in [3.8, 4) is 0 Å². The normalized spacial score (nSPS) is 14.1. The molecule has 6 heteroatoms. The van der Waals surface area contributed by atoms with Crippen molar-refractivity contribution < 1.29 is 9.59 Å². The molecule has 0 aromatic heterocycles. The third-order valence-electron chi connectivity index (χ3n) is 6.05. The minimum atomic E-state index is -0.00994. The fourth-order valence-corrected chi connectivity index (χ4v) is 4.92. The van der Waals surface area contributed by atoms with Crippen molar-refractivity contribution in [3.63, 3.8) is 0 Å². The maximum Gasteiger partial charge on any atom is 0.253 e. The molecule has 1 fully saturated rings. The van der Waals surface area contributed by atoms with Crippen LogP contribution in [-0.4, -0.2) is 54.3 Å². The Morgan fingerprint density at radius 1 is 0.853 bits per heavy atom. The number of rotatable bonds is 8. The van der Waals surface area contributed by atoms with Gasteiger partial charge in [-0.3, -0.25) is 14.5 Å². The molecule has 1 aliphatic heterocycles. The Kier molecular flexibility index (Phi) is 8.39. The van der Waals surface area contributed by atoms with E-state index in [0.717, 1.165) is 28.3 Å². The number of piperazine rings is 1. The van der Waals surface area contributed by atoms with Gasteiger partial charge in [-0.25, -0.2) is 0 Å². The van der Waals surface area contributed by atoms with E-state index in [-0.39, 0.29) is 11.8 Å². The minimum Gasteiger partial charge on any atom is -0.336 e. The van der Waals surface area contributed by atoms with Crippen molar-refractivity contribution in [3.05, 3.63) is 95.6 Å². The summed E-state index contributed by atoms with van der Waals surface area (Å²) in [7, 11) is 0. The molecule has 0 unspecified atom stereocenters. The Balaban J connectivity index is 1.23. The van der Waals surface area contributed by atoms with Gasteiger partial charge < -0.3 is 10.2 Å². The molecule has 3 aromatic carbocycles. The molecule has 176 valence electrons. The van der Waals surface area contributed by atoms with Crippen LogP contribution in [0.15, 0.2) is 83.8 Å². The van der Waals surface area contributed by atoms with E-state index in [1.165, 1.54) is 5.56 Å². The fourth-order valence-electron chi connectivity index (χ4n) is 4.07. The van der Waals surface area contributed by atoms with Gasteiger partial charge in [-0.2, -0.15) is 0 Å². The van der Waals surface area contributed by atoms with Crippen LogP contribution in [0.25, 0.3) is 0 Å². The second-order valence-electron chi connectivity index (χ2n) is 8.43. The van der Waals surface area contributed by atoms with Crippen LogP contribution in [0.1, 0.15) is 28.4 Å². The second-order valence-corrected chi connectivity index (χ2v) is 9.47. The van der Waals surface area contributed by atoms with Gasteiger partial charge in [0, 0.05) is 48.1 Å². The highest BCUT2D eigenvalue weighted by atomic mass is 32.2. The van der Waals surface area contributed by atoms with Gasteiger partial charge in [0.05, 0.1) is 6.54 Å². The summed E-state index contributed by atoms with van der Waals surface area (Å²) in [5.41, 5.74) is 4.02. The van der Waals surface area contributed by atoms with Crippen LogP contribution in [0, 0.1) is 0 Å². The molecule has 5 nitrogen and oxygen atoms in total. The number of carbonyl (C=O) groups is 2. The van der Waals surface area contributed by atoms with E-state index in [1.54, 1.807) is 11.8 Å². The largest absolute Gasteiger partial charge is 0.336 e. The standard InChI is InChI=1S/C28H31N3O2S/c1-2-23-10-6-7-11-26(23)29-27(32)20-30-16-18-31(19-17-30)28(33)24-12-14-25(15-13-24)34-21-22-8-4-3-5-9-22/h3-15H,2,16-21H2,1H3,(H,29,32). The first-order chi connectivity index (χ1) is 16.6. The lowest BCUT2D eigenvalue weighted by Crippen LogP contribution is -2.50. The quantitative estimate of drug-likeness (QED) is 0.471. The average Bonchev–Trinajstić information content (AvgIpc) is 2.89. The Labute approximate surface area is 206 Å². The fraction of sp³-hybridized carbons (Fsp3) is 0.286. The Bertz CT molecular complexity index is 1090. The summed E-state index contributed by atoms with van der Waals surface area (Å²) < 4.78 is 0. The number of thioether (sulfide) groups is 1. The zero-order valence-electron chi connectivity index (χ0n) is 19.6. The van der Waals surface area contributed by atoms with Crippen LogP contribution < -0.4 is 5.32 Å². The summed E-state index contributed by atoms with van der Waals surface area (Å²) in [4.78, 5) is 30.6. The summed E-state index contributed by atoms with van der Waals surface area (Å²) in [6.45, 7) is 5.06. The minimum absolute atomic E-state index is 0.00994. The monoisotopic (exact) mass is 473 g/mol. The number of hydrogen-bond acceptors (Lipinski definition) is 4. The smallest absolute Gasteiger partial charge is 0.253 e. The van der Waals surface area contributed by atoms with Gasteiger partial charge in [-0.1, -0.05) is 55.5 Å². The lowest BCUT2D eigenvalue weighted by molar-refractivity contribution is -0.117. The average molecular weight is 474 g/mol. The molecule has 0 atom stereocenters. The van der Waals surface area contributed by atoms with E-state index in [2.05, 4.69) is 41.4 Å². The number of benzene rings is 3. The van der Waals surface area contributed by atoms with Gasteiger partial charge in [0.1, 0.15) is 0 Å². The highest BCUT2D eigenvalue weighted by Gasteiger charge is 2.23. The third-order valence-corrected chi connectivity index (χ3v) is 7.13. The van der Waals surface area contributed by atoms with Crippen LogP contribution in [0.5, 0.6) is 0 Å². The van der Waals surface area contributed by atoms with Gasteiger partial charge in [0.25, 0.3) is 5.91 Å². The van der Waals surface area contributed by atoms with Crippen molar-refractivity contribution in [1.82, 2.24) is 9.80 Å². The molecule has 1 aliphatic rings. The number of para-hydroxylation sites is 1. The molecular weight excluding hydrogens is 442 g/mol. The second kappa shape index (κ2) is 11.9. The molecule has 2 amide bonds. The molecular formula is C28H31N3O2S. The number of hydrogen-bond donors (Lipinski definition) is 1. The van der Waals surface area contributed by atoms with Crippen LogP contribution >= 0.6 is 11.8 Å². The van der Waals surface area contributed by atoms with Gasteiger partial charge in [-0.05, 0) is 47.9 Å². The molecule has 0 bridgehead atoms. The molecule has 0 saturated carbocycles. The van der Waals surface area contributed by atoms with Crippen LogP contribution in [0.2, 0.25) is 0 Å². The molecule has 0 aliphatic carbocycles. The predicted octanol–water partition coefficient (Wildman–Crippen LogP) is 4.94. The van der Waals surface area contributed by atoms with Crippen LogP contribution in [-0.2, 0) is 17.0 Å². The maximum absolute atomic E-state index is 13.0. The Morgan fingerprint density at radius 2 is 1.53 bits per heavy atom. The maximum atomic E-state index is 13.0. The van der Waals surface area contributed by atoms with E-state index in [9.17, 15) is 9.59 Å². The number of amides is 2. The molecule has 3 aromatic rings. The Morgan fingerprint density at radius 3 is 2.24 bits per heavy atom. The lowest BCUT2D eigenvalue weighted by Gasteiger charge is -2.34. The van der Waals surface area contributed by atoms with Crippen molar-refractivity contribution in [1.29, 1.82) is 0 Å². The van der Waals surface area contributed by atoms with E-state index >= 15 is 0 Å². The summed E-state index contributed by atoms with van der Waals surface area (Å²) >= 11 is 1.77. The zero-order chi connectivity index (χ0) is 23.8. The summed E-state index contributed by atoms with van der Waals surface area (Å²) in [5.74, 6) is 0.957. The molecule has 0 spiro atoms. The van der Waals surface area contributed by atoms with E-state index < -0.39 is 0 Å². The van der Waals surface area contributed by atoms with E-state index in [0.29, 0.717) is 38.3 Å². The summed E-state index contributed by atoms with van der Waals surface area (Å²) in [6, 6.07) is 26.2. The van der Waals surface area contributed by atoms with Gasteiger partial charge in [-0.15, -0.1) is 11.8 Å². The molecule has 4 rings (SSSR count). The predicted molar refractivity (Wildman–Crippen MR) is 139 cm³/mol. The molecule has 1 saturated heterocycles. The van der Waals surface area contributed by atoms with Crippen molar-refractivity contribution in [2.45, 2.75) is 24.0 Å². The third kappa shape index (κ3) is 6.49. The lowest BCUT2D eigenvalue weighted by atomic mass is 10.1. The molecule has 1 N–H and O–H groups in total. The number of nitrogens with zero attached hydrogens (tertiary/aromatic N) is 2. The molecule has 34 heavy (non-hydrogen) atoms. The van der Waals surface area contributed by atoms with Crippen molar-refractivity contribution in [2.75, 3.05) is 38.0 Å². The van der Waals surface area contributed by atoms with Crippen LogP contribution in [0.4, 0.5) is 5.69 Å². The first-order valence-electron chi connectivity index (χ1n) is 11.8. The Hall–Kier alpha value is -3.09. The molecule has 0 radical (unpaired) electrons. The van der Waals surface area contributed by atoms with Gasteiger partial charge in [0.15, 0.2) is 0 Å². The topological polar surface area (TPSA) is 52.7 Å². The van der Waals surface area contributed by atoms with Crippen molar-refractivity contribution >= 4 is 29.3 Å². The number of anilines is 1. The first kappa shape index (κ1) is 24.0. The van der Waals surface area contributed by atoms with Crippen molar-refractivity contribution in [2.24, 2.45) is 0 Å². The van der Waals surface area contributed by atoms with Gasteiger partial charge in [0.2, 0.25) is 5.91 Å². The van der Waals surface area contributed by atoms with Gasteiger partial charge >= 0.3 is 0 Å². The number of nitrogens with one attached hydrogen (secondary N) is 1. The zero-order valence-corrected chi connectivity index (χ0v) is 20.4. The highest BCUT2D eigenvalue weighted by molar-refractivity contribution is 7.98. The SMILES string of the molecule is CCc1ccccc1NC(=O)CN1CCN(C(=O)c2ccc(SCc3ccccc3)cc2)CC1. The molecule has 1 heterocycles. The van der Waals surface area contributed by atoms with Crippen LogP contribution in [0.3, 0.4) is 0 Å². The highest BCUT2D eigenvalue weighted by Crippen LogP contribution is 2.23. The van der Waals surface area contributed by atoms with E-state index in [1.807, 2.05) is 59.5 Å². The summed E-state index contributed by atoms with van der Waals surface area (Å²) in [5, 5.41) is 3.03. The first-order valence-corrected chi connectivity index (χ1v) is 12.8. The van der Waals surface area contributed by atoms with E-state index in [4.69, 9.17) is 0 Å². The number of carbonyl (C=O) groups excluding carboxylic acids is 2. The summed E-state index contributed by atoms with van der Waals surface area (Å²) in [6.07, 6.45) is 0.879.